The summed E-state index contributed by atoms with van der Waals surface area (Å²) in [6.07, 6.45) is 0. The monoisotopic (exact) mass is 181 g/mol. The van der Waals surface area contributed by atoms with E-state index in [-0.39, 0.29) is 6.04 Å². The van der Waals surface area contributed by atoms with Crippen LogP contribution in [0, 0.1) is 0 Å². The molecule has 72 valence electrons. The van der Waals surface area contributed by atoms with Crippen LogP contribution in [0.15, 0.2) is 24.3 Å². The molecule has 0 fully saturated rings. The molecule has 0 aliphatic carbocycles. The summed E-state index contributed by atoms with van der Waals surface area (Å²) in [5.74, 6) is 1.64. The Labute approximate surface area is 78.5 Å². The van der Waals surface area contributed by atoms with E-state index >= 15 is 0 Å². The number of methoxy groups -OCH3 is 1. The molecule has 3 heteroatoms. The first-order valence-electron chi connectivity index (χ1n) is 4.25. The maximum atomic E-state index is 5.55. The third-order valence-corrected chi connectivity index (χ3v) is 1.57. The van der Waals surface area contributed by atoms with Crippen LogP contribution in [-0.4, -0.2) is 19.8 Å². The van der Waals surface area contributed by atoms with Crippen LogP contribution in [-0.2, 0) is 0 Å². The summed E-state index contributed by atoms with van der Waals surface area (Å²) in [5.41, 5.74) is 5.55. The maximum absolute atomic E-state index is 5.55. The number of rotatable bonds is 4. The van der Waals surface area contributed by atoms with Gasteiger partial charge in [0.1, 0.15) is 18.1 Å². The van der Waals surface area contributed by atoms with Gasteiger partial charge in [-0.1, -0.05) is 0 Å². The molecule has 13 heavy (non-hydrogen) atoms. The van der Waals surface area contributed by atoms with Crippen molar-refractivity contribution in [2.45, 2.75) is 13.0 Å². The lowest BCUT2D eigenvalue weighted by molar-refractivity contribution is 0.295. The average Bonchev–Trinajstić information content (AvgIpc) is 2.15. The van der Waals surface area contributed by atoms with E-state index in [0.717, 1.165) is 11.5 Å². The van der Waals surface area contributed by atoms with Gasteiger partial charge in [0.15, 0.2) is 0 Å². The van der Waals surface area contributed by atoms with Crippen molar-refractivity contribution >= 4 is 0 Å². The first kappa shape index (κ1) is 9.86. The highest BCUT2D eigenvalue weighted by Crippen LogP contribution is 2.16. The van der Waals surface area contributed by atoms with E-state index in [2.05, 4.69) is 0 Å². The van der Waals surface area contributed by atoms with E-state index in [1.54, 1.807) is 7.11 Å². The SMILES string of the molecule is COc1ccc(OC[C@H](C)N)cc1. The number of hydrogen-bond donors (Lipinski definition) is 1. The summed E-state index contributed by atoms with van der Waals surface area (Å²) in [6.45, 7) is 2.44. The van der Waals surface area contributed by atoms with Gasteiger partial charge in [-0.3, -0.25) is 0 Å². The zero-order valence-electron chi connectivity index (χ0n) is 7.99. The van der Waals surface area contributed by atoms with E-state index in [1.807, 2.05) is 31.2 Å². The minimum absolute atomic E-state index is 0.0575. The van der Waals surface area contributed by atoms with E-state index < -0.39 is 0 Å². The average molecular weight is 181 g/mol. The smallest absolute Gasteiger partial charge is 0.119 e. The summed E-state index contributed by atoms with van der Waals surface area (Å²) >= 11 is 0. The van der Waals surface area contributed by atoms with Crippen LogP contribution in [0.3, 0.4) is 0 Å². The van der Waals surface area contributed by atoms with Crippen LogP contribution in [0.4, 0.5) is 0 Å². The zero-order chi connectivity index (χ0) is 9.68. The van der Waals surface area contributed by atoms with Crippen molar-refractivity contribution in [2.24, 2.45) is 5.73 Å². The van der Waals surface area contributed by atoms with Crippen LogP contribution < -0.4 is 15.2 Å². The molecular weight excluding hydrogens is 166 g/mol. The lowest BCUT2D eigenvalue weighted by Crippen LogP contribution is -2.23. The molecule has 0 amide bonds. The third-order valence-electron chi connectivity index (χ3n) is 1.57. The maximum Gasteiger partial charge on any atom is 0.119 e. The van der Waals surface area contributed by atoms with Crippen LogP contribution in [0.25, 0.3) is 0 Å². The van der Waals surface area contributed by atoms with Gasteiger partial charge in [0.2, 0.25) is 0 Å². The fourth-order valence-corrected chi connectivity index (χ4v) is 0.900. The standard InChI is InChI=1S/C10H15NO2/c1-8(11)7-13-10-5-3-9(12-2)4-6-10/h3-6,8H,7,11H2,1-2H3/t8-/m0/s1. The van der Waals surface area contributed by atoms with Crippen molar-refractivity contribution < 1.29 is 9.47 Å². The van der Waals surface area contributed by atoms with E-state index in [9.17, 15) is 0 Å². The van der Waals surface area contributed by atoms with Crippen molar-refractivity contribution in [1.29, 1.82) is 0 Å². The molecule has 0 radical (unpaired) electrons. The molecule has 1 atom stereocenters. The Hall–Kier alpha value is -1.22. The highest BCUT2D eigenvalue weighted by atomic mass is 16.5. The molecule has 3 nitrogen and oxygen atoms in total. The van der Waals surface area contributed by atoms with Crippen molar-refractivity contribution in [3.05, 3.63) is 24.3 Å². The molecule has 0 unspecified atom stereocenters. The van der Waals surface area contributed by atoms with Gasteiger partial charge < -0.3 is 15.2 Å². The second kappa shape index (κ2) is 4.72. The van der Waals surface area contributed by atoms with Crippen molar-refractivity contribution in [3.63, 3.8) is 0 Å². The van der Waals surface area contributed by atoms with Crippen molar-refractivity contribution in [3.8, 4) is 11.5 Å². The van der Waals surface area contributed by atoms with Gasteiger partial charge in [-0.05, 0) is 31.2 Å². The predicted molar refractivity (Wildman–Crippen MR) is 52.1 cm³/mol. The molecule has 1 aromatic rings. The van der Waals surface area contributed by atoms with Gasteiger partial charge in [-0.2, -0.15) is 0 Å². The summed E-state index contributed by atoms with van der Waals surface area (Å²) in [6, 6.07) is 7.50. The summed E-state index contributed by atoms with van der Waals surface area (Å²) in [7, 11) is 1.64. The second-order valence-corrected chi connectivity index (χ2v) is 2.96. The lowest BCUT2D eigenvalue weighted by atomic mass is 10.3. The number of benzene rings is 1. The van der Waals surface area contributed by atoms with Gasteiger partial charge in [0, 0.05) is 6.04 Å². The van der Waals surface area contributed by atoms with Gasteiger partial charge in [-0.25, -0.2) is 0 Å². The molecule has 1 aromatic carbocycles. The Bertz CT molecular complexity index is 244. The molecule has 0 saturated carbocycles. The molecule has 1 rings (SSSR count). The van der Waals surface area contributed by atoms with Gasteiger partial charge >= 0.3 is 0 Å². The highest BCUT2D eigenvalue weighted by molar-refractivity contribution is 5.31. The largest absolute Gasteiger partial charge is 0.497 e. The quantitative estimate of drug-likeness (QED) is 0.764. The van der Waals surface area contributed by atoms with Crippen LogP contribution in [0.1, 0.15) is 6.92 Å². The van der Waals surface area contributed by atoms with E-state index in [1.165, 1.54) is 0 Å². The van der Waals surface area contributed by atoms with Crippen LogP contribution in [0.5, 0.6) is 11.5 Å². The fourth-order valence-electron chi connectivity index (χ4n) is 0.900. The first-order valence-corrected chi connectivity index (χ1v) is 4.25. The minimum Gasteiger partial charge on any atom is -0.497 e. The topological polar surface area (TPSA) is 44.5 Å². The molecule has 2 N–H and O–H groups in total. The molecule has 0 spiro atoms. The Morgan fingerprint density at radius 1 is 1.23 bits per heavy atom. The number of hydrogen-bond acceptors (Lipinski definition) is 3. The summed E-state index contributed by atoms with van der Waals surface area (Å²) in [4.78, 5) is 0. The lowest BCUT2D eigenvalue weighted by Gasteiger charge is -2.08. The van der Waals surface area contributed by atoms with E-state index in [4.69, 9.17) is 15.2 Å². The molecular formula is C10H15NO2. The Balaban J connectivity index is 2.49. The Kier molecular flexibility index (Phi) is 3.58. The fraction of sp³-hybridized carbons (Fsp3) is 0.400. The zero-order valence-corrected chi connectivity index (χ0v) is 7.99. The second-order valence-electron chi connectivity index (χ2n) is 2.96. The third kappa shape index (κ3) is 3.34. The van der Waals surface area contributed by atoms with Gasteiger partial charge in [0.25, 0.3) is 0 Å². The molecule has 0 aliphatic rings. The summed E-state index contributed by atoms with van der Waals surface area (Å²) < 4.78 is 10.4. The molecule has 0 heterocycles. The molecule has 0 aliphatic heterocycles. The van der Waals surface area contributed by atoms with Gasteiger partial charge in [0.05, 0.1) is 7.11 Å². The molecule has 0 saturated heterocycles. The number of nitrogens with two attached hydrogens (primary N) is 1. The first-order chi connectivity index (χ1) is 6.22. The Morgan fingerprint density at radius 3 is 2.23 bits per heavy atom. The normalized spacial score (nSPS) is 12.2. The van der Waals surface area contributed by atoms with Crippen molar-refractivity contribution in [1.82, 2.24) is 0 Å². The molecule has 0 bridgehead atoms. The van der Waals surface area contributed by atoms with Crippen LogP contribution in [0.2, 0.25) is 0 Å². The predicted octanol–water partition coefficient (Wildman–Crippen LogP) is 1.42. The highest BCUT2D eigenvalue weighted by Gasteiger charge is 1.97. The summed E-state index contributed by atoms with van der Waals surface area (Å²) in [5, 5.41) is 0. The van der Waals surface area contributed by atoms with Crippen molar-refractivity contribution in [2.75, 3.05) is 13.7 Å². The number of ether oxygens (including phenoxy) is 2. The van der Waals surface area contributed by atoms with Gasteiger partial charge in [-0.15, -0.1) is 0 Å². The Morgan fingerprint density at radius 2 is 1.77 bits per heavy atom. The van der Waals surface area contributed by atoms with Crippen LogP contribution >= 0.6 is 0 Å². The van der Waals surface area contributed by atoms with E-state index in [0.29, 0.717) is 6.61 Å². The molecule has 0 aromatic heterocycles. The minimum atomic E-state index is 0.0575.